The van der Waals surface area contributed by atoms with Gasteiger partial charge in [0.05, 0.1) is 13.2 Å². The first-order chi connectivity index (χ1) is 12.5. The van der Waals surface area contributed by atoms with Crippen molar-refractivity contribution in [2.24, 2.45) is 0 Å². The molecule has 0 saturated carbocycles. The highest BCUT2D eigenvalue weighted by atomic mass is 16.5. The maximum Gasteiger partial charge on any atom is 0.321 e. The number of amides is 3. The number of carbonyl (C=O) groups is 2. The zero-order chi connectivity index (χ0) is 18.7. The molecule has 1 aromatic heterocycles. The smallest absolute Gasteiger partial charge is 0.321 e. The SMILES string of the molecule is CNC(=O)NC(=O)C(C)N1CC=C(c2c[nH]c3ccc(OC)cc23)CC1. The van der Waals surface area contributed by atoms with Gasteiger partial charge in [-0.25, -0.2) is 4.79 Å². The Hall–Kier alpha value is -2.80. The van der Waals surface area contributed by atoms with Crippen LogP contribution in [0.3, 0.4) is 0 Å². The molecule has 2 aromatic rings. The maximum absolute atomic E-state index is 12.1. The fourth-order valence-electron chi connectivity index (χ4n) is 3.22. The molecule has 1 aliphatic heterocycles. The summed E-state index contributed by atoms with van der Waals surface area (Å²) in [6, 6.07) is 5.13. The van der Waals surface area contributed by atoms with Crippen LogP contribution in [0.4, 0.5) is 4.79 Å². The lowest BCUT2D eigenvalue weighted by Gasteiger charge is -2.30. The summed E-state index contributed by atoms with van der Waals surface area (Å²) in [5.41, 5.74) is 3.49. The Morgan fingerprint density at radius 1 is 1.35 bits per heavy atom. The lowest BCUT2D eigenvalue weighted by molar-refractivity contribution is -0.124. The van der Waals surface area contributed by atoms with Gasteiger partial charge in [-0.15, -0.1) is 0 Å². The van der Waals surface area contributed by atoms with Crippen molar-refractivity contribution in [2.75, 3.05) is 27.2 Å². The second-order valence-corrected chi connectivity index (χ2v) is 6.33. The second kappa shape index (κ2) is 7.61. The molecule has 138 valence electrons. The van der Waals surface area contributed by atoms with Gasteiger partial charge in [-0.2, -0.15) is 0 Å². The number of carbonyl (C=O) groups excluding carboxylic acids is 2. The van der Waals surface area contributed by atoms with E-state index in [0.29, 0.717) is 6.54 Å². The largest absolute Gasteiger partial charge is 0.497 e. The summed E-state index contributed by atoms with van der Waals surface area (Å²) < 4.78 is 5.33. The van der Waals surface area contributed by atoms with Crippen LogP contribution in [0.5, 0.6) is 5.75 Å². The molecule has 1 aromatic carbocycles. The normalized spacial score (nSPS) is 16.0. The molecule has 0 spiro atoms. The minimum Gasteiger partial charge on any atom is -0.497 e. The van der Waals surface area contributed by atoms with E-state index >= 15 is 0 Å². The van der Waals surface area contributed by atoms with Crippen LogP contribution in [0.25, 0.3) is 16.5 Å². The number of aromatic amines is 1. The van der Waals surface area contributed by atoms with Gasteiger partial charge in [0.1, 0.15) is 5.75 Å². The number of benzene rings is 1. The second-order valence-electron chi connectivity index (χ2n) is 6.33. The monoisotopic (exact) mass is 356 g/mol. The first-order valence-corrected chi connectivity index (χ1v) is 8.64. The predicted molar refractivity (Wildman–Crippen MR) is 101 cm³/mol. The van der Waals surface area contributed by atoms with Crippen LogP contribution in [0.1, 0.15) is 18.9 Å². The minimum atomic E-state index is -0.483. The first kappa shape index (κ1) is 18.0. The Morgan fingerprint density at radius 2 is 2.15 bits per heavy atom. The summed E-state index contributed by atoms with van der Waals surface area (Å²) >= 11 is 0. The lowest BCUT2D eigenvalue weighted by atomic mass is 9.98. The number of hydrogen-bond acceptors (Lipinski definition) is 4. The van der Waals surface area contributed by atoms with Crippen LogP contribution in [0.2, 0.25) is 0 Å². The van der Waals surface area contributed by atoms with Crippen molar-refractivity contribution in [1.29, 1.82) is 0 Å². The summed E-state index contributed by atoms with van der Waals surface area (Å²) in [5, 5.41) is 5.86. The Bertz CT molecular complexity index is 856. The summed E-state index contributed by atoms with van der Waals surface area (Å²) in [5.74, 6) is 0.536. The number of hydrogen-bond donors (Lipinski definition) is 3. The fourth-order valence-corrected chi connectivity index (χ4v) is 3.22. The zero-order valence-electron chi connectivity index (χ0n) is 15.3. The quantitative estimate of drug-likeness (QED) is 0.783. The average molecular weight is 356 g/mol. The van der Waals surface area contributed by atoms with Gasteiger partial charge in [-0.05, 0) is 37.1 Å². The van der Waals surface area contributed by atoms with E-state index in [9.17, 15) is 9.59 Å². The van der Waals surface area contributed by atoms with Crippen molar-refractivity contribution in [3.05, 3.63) is 36.0 Å². The third-order valence-corrected chi connectivity index (χ3v) is 4.87. The molecule has 0 fully saturated rings. The molecule has 1 aliphatic rings. The van der Waals surface area contributed by atoms with E-state index in [1.165, 1.54) is 18.2 Å². The van der Waals surface area contributed by atoms with Crippen molar-refractivity contribution >= 4 is 28.4 Å². The van der Waals surface area contributed by atoms with Gasteiger partial charge in [0, 0.05) is 42.8 Å². The van der Waals surface area contributed by atoms with Gasteiger partial charge in [-0.3, -0.25) is 15.0 Å². The summed E-state index contributed by atoms with van der Waals surface area (Å²) in [7, 11) is 3.15. The number of methoxy groups -OCH3 is 1. The fraction of sp³-hybridized carbons (Fsp3) is 0.368. The highest BCUT2D eigenvalue weighted by molar-refractivity contribution is 5.97. The zero-order valence-corrected chi connectivity index (χ0v) is 15.3. The average Bonchev–Trinajstić information content (AvgIpc) is 3.10. The van der Waals surface area contributed by atoms with E-state index < -0.39 is 6.03 Å². The van der Waals surface area contributed by atoms with Gasteiger partial charge in [0.2, 0.25) is 5.91 Å². The highest BCUT2D eigenvalue weighted by Gasteiger charge is 2.25. The molecule has 0 aliphatic carbocycles. The number of urea groups is 1. The molecule has 0 saturated heterocycles. The van der Waals surface area contributed by atoms with Gasteiger partial charge in [-0.1, -0.05) is 6.08 Å². The van der Waals surface area contributed by atoms with E-state index in [2.05, 4.69) is 26.6 Å². The van der Waals surface area contributed by atoms with Crippen molar-refractivity contribution in [3.8, 4) is 5.75 Å². The number of aromatic nitrogens is 1. The summed E-state index contributed by atoms with van der Waals surface area (Å²) in [4.78, 5) is 28.8. The summed E-state index contributed by atoms with van der Waals surface area (Å²) in [6.45, 7) is 3.23. The lowest BCUT2D eigenvalue weighted by Crippen LogP contribution is -2.50. The molecule has 0 bridgehead atoms. The van der Waals surface area contributed by atoms with Gasteiger partial charge < -0.3 is 15.0 Å². The minimum absolute atomic E-state index is 0.293. The van der Waals surface area contributed by atoms with Crippen LogP contribution in [-0.2, 0) is 4.79 Å². The van der Waals surface area contributed by atoms with E-state index in [4.69, 9.17) is 4.74 Å². The van der Waals surface area contributed by atoms with Crippen molar-refractivity contribution in [3.63, 3.8) is 0 Å². The number of ether oxygens (including phenoxy) is 1. The molecule has 2 heterocycles. The third-order valence-electron chi connectivity index (χ3n) is 4.87. The molecular formula is C19H24N4O3. The number of nitrogens with zero attached hydrogens (tertiary/aromatic N) is 1. The molecule has 1 atom stereocenters. The van der Waals surface area contributed by atoms with Crippen molar-refractivity contribution in [1.82, 2.24) is 20.5 Å². The van der Waals surface area contributed by atoms with E-state index in [1.54, 1.807) is 7.11 Å². The van der Waals surface area contributed by atoms with Gasteiger partial charge >= 0.3 is 6.03 Å². The molecule has 3 N–H and O–H groups in total. The first-order valence-electron chi connectivity index (χ1n) is 8.64. The Morgan fingerprint density at radius 3 is 2.81 bits per heavy atom. The van der Waals surface area contributed by atoms with Crippen molar-refractivity contribution in [2.45, 2.75) is 19.4 Å². The topological polar surface area (TPSA) is 86.5 Å². The van der Waals surface area contributed by atoms with Crippen LogP contribution in [0.15, 0.2) is 30.5 Å². The molecule has 7 heteroatoms. The van der Waals surface area contributed by atoms with E-state index in [0.717, 1.165) is 29.6 Å². The number of imide groups is 1. The molecule has 3 amide bonds. The standard InChI is InChI=1S/C19H24N4O3/c1-12(18(24)22-19(25)20-2)23-8-6-13(7-9-23)16-11-21-17-5-4-14(26-3)10-15(16)17/h4-6,10-12,21H,7-9H2,1-3H3,(H2,20,22,24,25). The number of H-pyrrole nitrogens is 1. The molecule has 0 radical (unpaired) electrons. The summed E-state index contributed by atoms with van der Waals surface area (Å²) in [6.07, 6.45) is 5.00. The Labute approximate surface area is 152 Å². The highest BCUT2D eigenvalue weighted by Crippen LogP contribution is 2.31. The Balaban J connectivity index is 1.73. The molecular weight excluding hydrogens is 332 g/mol. The van der Waals surface area contributed by atoms with E-state index in [1.807, 2.05) is 31.3 Å². The number of rotatable bonds is 4. The number of nitrogens with one attached hydrogen (secondary N) is 3. The third kappa shape index (κ3) is 3.57. The van der Waals surface area contributed by atoms with Crippen LogP contribution >= 0.6 is 0 Å². The van der Waals surface area contributed by atoms with Crippen LogP contribution in [0, 0.1) is 0 Å². The molecule has 26 heavy (non-hydrogen) atoms. The molecule has 7 nitrogen and oxygen atoms in total. The van der Waals surface area contributed by atoms with Gasteiger partial charge in [0.25, 0.3) is 0 Å². The molecule has 3 rings (SSSR count). The molecule has 1 unspecified atom stereocenters. The maximum atomic E-state index is 12.1. The van der Waals surface area contributed by atoms with E-state index in [-0.39, 0.29) is 11.9 Å². The number of fused-ring (bicyclic) bond motifs is 1. The Kier molecular flexibility index (Phi) is 5.27. The van der Waals surface area contributed by atoms with Gasteiger partial charge in [0.15, 0.2) is 0 Å². The predicted octanol–water partition coefficient (Wildman–Crippen LogP) is 2.11. The van der Waals surface area contributed by atoms with Crippen molar-refractivity contribution < 1.29 is 14.3 Å². The van der Waals surface area contributed by atoms with Crippen LogP contribution < -0.4 is 15.4 Å². The van der Waals surface area contributed by atoms with Crippen LogP contribution in [-0.4, -0.2) is 55.1 Å².